The largest absolute Gasteiger partial charge is 0.495 e. The molecule has 1 N–H and O–H groups in total. The third-order valence-corrected chi connectivity index (χ3v) is 10.3. The number of para-hydroxylation sites is 6. The van der Waals surface area contributed by atoms with Gasteiger partial charge in [-0.25, -0.2) is 9.97 Å². The van der Waals surface area contributed by atoms with Crippen LogP contribution in [0, 0.1) is 25.2 Å². The van der Waals surface area contributed by atoms with Crippen LogP contribution in [0.4, 0.5) is 39.6 Å². The number of hydrogen-bond acceptors (Lipinski definition) is 13. The number of nitriles is 1. The molecule has 0 fully saturated rings. The van der Waals surface area contributed by atoms with Gasteiger partial charge in [-0.15, -0.1) is 10.2 Å². The fraction of sp³-hybridized carbons (Fsp3) is 0.186. The first-order chi connectivity index (χ1) is 27.6. The number of benzene rings is 4. The summed E-state index contributed by atoms with van der Waals surface area (Å²) in [6.45, 7) is 9.91. The van der Waals surface area contributed by atoms with Crippen LogP contribution in [-0.2, 0) is 5.41 Å². The van der Waals surface area contributed by atoms with Gasteiger partial charge in [-0.2, -0.15) is 20.0 Å². The number of thiazole rings is 1. The van der Waals surface area contributed by atoms with Gasteiger partial charge < -0.3 is 19.2 Å². The predicted molar refractivity (Wildman–Crippen MR) is 223 cm³/mol. The summed E-state index contributed by atoms with van der Waals surface area (Å²) < 4.78 is 20.2. The molecular formula is C43H38N10O3S. The lowest BCUT2D eigenvalue weighted by molar-refractivity contribution is 0.415. The first kappa shape index (κ1) is 36.8. The van der Waals surface area contributed by atoms with E-state index in [1.54, 1.807) is 25.6 Å². The van der Waals surface area contributed by atoms with Crippen LogP contribution in [-0.4, -0.2) is 39.0 Å². The molecule has 4 heterocycles. The van der Waals surface area contributed by atoms with E-state index in [0.717, 1.165) is 27.0 Å². The normalized spacial score (nSPS) is 11.7. The van der Waals surface area contributed by atoms with E-state index in [1.807, 2.05) is 137 Å². The van der Waals surface area contributed by atoms with Crippen molar-refractivity contribution in [2.75, 3.05) is 24.4 Å². The standard InChI is InChI=1S/C43H38N10O3S/c1-25-15-14-21-33(55-7)37(25)52(42-47-30-18-10-13-22-34(30)57-42)35-23-26(2)36(39(48-35)45-28-16-8-11-19-31(28)54-6)49-50-40-27(24-44)38(43(3,4)5)51-53(40)41-46-29-17-9-12-20-32(29)56-41/h8-23H,1-7H3,(H,45,48)/b50-49+. The number of fused-ring (bicyclic) bond motifs is 2. The second kappa shape index (κ2) is 14.9. The highest BCUT2D eigenvalue weighted by atomic mass is 32.1. The van der Waals surface area contributed by atoms with Crippen LogP contribution in [0.5, 0.6) is 11.5 Å². The Kier molecular flexibility index (Phi) is 9.60. The summed E-state index contributed by atoms with van der Waals surface area (Å²) in [5.74, 6) is 2.35. The molecule has 0 aliphatic heterocycles. The minimum absolute atomic E-state index is 0.161. The Morgan fingerprint density at radius 2 is 1.54 bits per heavy atom. The Bertz CT molecular complexity index is 2800. The average molecular weight is 775 g/mol. The Hall–Kier alpha value is -7.11. The van der Waals surface area contributed by atoms with Crippen molar-refractivity contribution in [1.82, 2.24) is 24.7 Å². The molecule has 284 valence electrons. The molecule has 13 nitrogen and oxygen atoms in total. The number of azo groups is 1. The smallest absolute Gasteiger partial charge is 0.325 e. The third kappa shape index (κ3) is 6.89. The van der Waals surface area contributed by atoms with Crippen molar-refractivity contribution in [3.8, 4) is 23.6 Å². The van der Waals surface area contributed by atoms with Gasteiger partial charge in [0.2, 0.25) is 5.82 Å². The van der Waals surface area contributed by atoms with Crippen molar-refractivity contribution < 1.29 is 13.9 Å². The maximum Gasteiger partial charge on any atom is 0.325 e. The van der Waals surface area contributed by atoms with Gasteiger partial charge in [0.25, 0.3) is 0 Å². The summed E-state index contributed by atoms with van der Waals surface area (Å²) in [6.07, 6.45) is 0. The summed E-state index contributed by atoms with van der Waals surface area (Å²) >= 11 is 1.55. The molecule has 14 heteroatoms. The summed E-state index contributed by atoms with van der Waals surface area (Å²) in [7, 11) is 3.26. The maximum absolute atomic E-state index is 10.5. The minimum atomic E-state index is -0.511. The first-order valence-electron chi connectivity index (χ1n) is 18.1. The van der Waals surface area contributed by atoms with E-state index in [4.69, 9.17) is 39.2 Å². The van der Waals surface area contributed by atoms with Crippen LogP contribution in [0.25, 0.3) is 27.3 Å². The van der Waals surface area contributed by atoms with Crippen molar-refractivity contribution in [2.24, 2.45) is 10.2 Å². The van der Waals surface area contributed by atoms with Gasteiger partial charge in [0, 0.05) is 5.41 Å². The van der Waals surface area contributed by atoms with Gasteiger partial charge in [0.1, 0.15) is 40.2 Å². The summed E-state index contributed by atoms with van der Waals surface area (Å²) in [6, 6.07) is 33.3. The van der Waals surface area contributed by atoms with Crippen molar-refractivity contribution in [3.05, 3.63) is 119 Å². The summed E-state index contributed by atoms with van der Waals surface area (Å²) in [4.78, 5) is 17.0. The lowest BCUT2D eigenvalue weighted by atomic mass is 9.90. The van der Waals surface area contributed by atoms with E-state index in [0.29, 0.717) is 56.4 Å². The number of pyridine rings is 1. The van der Waals surface area contributed by atoms with Gasteiger partial charge in [-0.05, 0) is 73.5 Å². The molecule has 0 amide bonds. The zero-order chi connectivity index (χ0) is 39.8. The molecule has 57 heavy (non-hydrogen) atoms. The van der Waals surface area contributed by atoms with E-state index in [-0.39, 0.29) is 17.4 Å². The van der Waals surface area contributed by atoms with E-state index in [2.05, 4.69) is 16.4 Å². The lowest BCUT2D eigenvalue weighted by Crippen LogP contribution is -2.15. The van der Waals surface area contributed by atoms with E-state index in [1.165, 1.54) is 4.68 Å². The highest BCUT2D eigenvalue weighted by Gasteiger charge is 2.30. The van der Waals surface area contributed by atoms with Crippen LogP contribution < -0.4 is 19.7 Å². The number of ether oxygens (including phenoxy) is 2. The van der Waals surface area contributed by atoms with E-state index in [9.17, 15) is 5.26 Å². The Morgan fingerprint density at radius 3 is 2.28 bits per heavy atom. The molecule has 8 aromatic rings. The predicted octanol–water partition coefficient (Wildman–Crippen LogP) is 11.5. The SMILES string of the molecule is COc1ccccc1Nc1nc(N(c2nc3ccccc3s2)c2c(C)cccc2OC)cc(C)c1/N=N/c1c(C#N)c(C(C)(C)C)nn1-c1nc2ccccc2o1. The molecule has 0 aliphatic rings. The Labute approximate surface area is 332 Å². The molecule has 8 rings (SSSR count). The number of methoxy groups -OCH3 is 2. The highest BCUT2D eigenvalue weighted by molar-refractivity contribution is 7.22. The van der Waals surface area contributed by atoms with Crippen LogP contribution in [0.2, 0.25) is 0 Å². The first-order valence-corrected chi connectivity index (χ1v) is 18.9. The maximum atomic E-state index is 10.5. The van der Waals surface area contributed by atoms with Crippen molar-refractivity contribution in [2.45, 2.75) is 40.0 Å². The Balaban J connectivity index is 1.35. The third-order valence-electron chi connectivity index (χ3n) is 9.27. The number of oxazole rings is 1. The molecule has 0 aliphatic carbocycles. The number of hydrogen-bond donors (Lipinski definition) is 1. The molecular weight excluding hydrogens is 737 g/mol. The van der Waals surface area contributed by atoms with E-state index < -0.39 is 5.41 Å². The number of aryl methyl sites for hydroxylation is 2. The molecule has 0 radical (unpaired) electrons. The Morgan fingerprint density at radius 1 is 0.825 bits per heavy atom. The molecule has 0 unspecified atom stereocenters. The van der Waals surface area contributed by atoms with E-state index >= 15 is 0 Å². The minimum Gasteiger partial charge on any atom is -0.495 e. The number of anilines is 5. The molecule has 0 bridgehead atoms. The van der Waals surface area contributed by atoms with Gasteiger partial charge >= 0.3 is 6.01 Å². The van der Waals surface area contributed by atoms with Crippen LogP contribution in [0.15, 0.2) is 112 Å². The molecule has 0 saturated heterocycles. The van der Waals surface area contributed by atoms with Crippen LogP contribution in [0.1, 0.15) is 43.2 Å². The molecule has 0 spiro atoms. The van der Waals surface area contributed by atoms with Crippen molar-refractivity contribution in [3.63, 3.8) is 0 Å². The number of aromatic nitrogens is 5. The second-order valence-corrected chi connectivity index (χ2v) is 15.2. The molecule has 4 aromatic carbocycles. The quantitative estimate of drug-likeness (QED) is 0.133. The highest BCUT2D eigenvalue weighted by Crippen LogP contribution is 2.47. The van der Waals surface area contributed by atoms with Gasteiger partial charge in [-0.1, -0.05) is 80.6 Å². The fourth-order valence-corrected chi connectivity index (χ4v) is 7.49. The molecule has 0 atom stereocenters. The van der Waals surface area contributed by atoms with Gasteiger partial charge in [0.15, 0.2) is 16.5 Å². The van der Waals surface area contributed by atoms with Gasteiger partial charge in [-0.3, -0.25) is 4.90 Å². The molecule has 4 aromatic heterocycles. The zero-order valence-corrected chi connectivity index (χ0v) is 33.2. The fourth-order valence-electron chi connectivity index (χ4n) is 6.51. The number of rotatable bonds is 10. The van der Waals surface area contributed by atoms with Crippen LogP contribution >= 0.6 is 11.3 Å². The molecule has 0 saturated carbocycles. The van der Waals surface area contributed by atoms with Crippen molar-refractivity contribution >= 4 is 72.3 Å². The average Bonchev–Trinajstić information content (AvgIpc) is 3.93. The van der Waals surface area contributed by atoms with Crippen LogP contribution in [0.3, 0.4) is 0 Å². The lowest BCUT2D eigenvalue weighted by Gasteiger charge is -2.26. The summed E-state index contributed by atoms with van der Waals surface area (Å²) in [5.41, 5.74) is 5.89. The monoisotopic (exact) mass is 774 g/mol. The second-order valence-electron chi connectivity index (χ2n) is 14.2. The van der Waals surface area contributed by atoms with Gasteiger partial charge in [0.05, 0.1) is 41.5 Å². The number of nitrogens with one attached hydrogen (secondary N) is 1. The number of nitrogens with zero attached hydrogens (tertiary/aromatic N) is 9. The topological polar surface area (TPSA) is 152 Å². The summed E-state index contributed by atoms with van der Waals surface area (Å²) in [5, 5.41) is 29.1. The zero-order valence-electron chi connectivity index (χ0n) is 32.4. The van der Waals surface area contributed by atoms with Crippen molar-refractivity contribution in [1.29, 1.82) is 5.26 Å².